The quantitative estimate of drug-likeness (QED) is 0.332. The van der Waals surface area contributed by atoms with Gasteiger partial charge in [-0.25, -0.2) is 0 Å². The van der Waals surface area contributed by atoms with Crippen LogP contribution in [0, 0.1) is 0 Å². The summed E-state index contributed by atoms with van der Waals surface area (Å²) in [5, 5.41) is 14.9. The van der Waals surface area contributed by atoms with Crippen LogP contribution in [0.4, 0.5) is 0 Å². The molecule has 0 heterocycles. The van der Waals surface area contributed by atoms with Crippen molar-refractivity contribution in [1.29, 1.82) is 0 Å². The third-order valence-corrected chi connectivity index (χ3v) is 1.97. The van der Waals surface area contributed by atoms with Gasteiger partial charge in [0.1, 0.15) is 5.25 Å². The molecule has 5 nitrogen and oxygen atoms in total. The monoisotopic (exact) mass is 180 g/mol. The van der Waals surface area contributed by atoms with Gasteiger partial charge in [0, 0.05) is 0 Å². The Labute approximate surface area is 81.1 Å². The van der Waals surface area contributed by atoms with E-state index in [0.29, 0.717) is 0 Å². The molecule has 0 aliphatic heterocycles. The Morgan fingerprint density at radius 2 is 1.50 bits per heavy atom. The van der Waals surface area contributed by atoms with E-state index in [-0.39, 0.29) is 29.6 Å². The van der Waals surface area contributed by atoms with Gasteiger partial charge in [-0.2, -0.15) is 8.42 Å². The molecule has 0 unspecified atom stereocenters. The summed E-state index contributed by atoms with van der Waals surface area (Å²) in [6, 6.07) is 0. The van der Waals surface area contributed by atoms with Gasteiger partial charge in [-0.15, -0.1) is 0 Å². The second kappa shape index (κ2) is 5.48. The molecular weight excluding hydrogens is 171 g/mol. The molecule has 0 bridgehead atoms. The molecule has 0 fully saturated rings. The maximum atomic E-state index is 10.0. The maximum absolute atomic E-state index is 10.0. The van der Waals surface area contributed by atoms with Gasteiger partial charge >= 0.3 is 29.6 Å². The van der Waals surface area contributed by atoms with Crippen LogP contribution in [-0.2, 0) is 10.1 Å². The minimum absolute atomic E-state index is 0. The molecular formula is C3H9NaO5S. The van der Waals surface area contributed by atoms with Gasteiger partial charge in [-0.1, -0.05) is 0 Å². The second-order valence-corrected chi connectivity index (χ2v) is 3.20. The molecule has 3 N–H and O–H groups in total. The van der Waals surface area contributed by atoms with Crippen molar-refractivity contribution in [3.63, 3.8) is 0 Å². The van der Waals surface area contributed by atoms with E-state index in [1.807, 2.05) is 0 Å². The van der Waals surface area contributed by atoms with Crippen molar-refractivity contribution in [1.82, 2.24) is 0 Å². The number of rotatable bonds is 3. The molecule has 0 amide bonds. The summed E-state index contributed by atoms with van der Waals surface area (Å²) in [7, 11) is -4.27. The first-order valence-electron chi connectivity index (χ1n) is 2.20. The third kappa shape index (κ3) is 4.62. The molecule has 0 saturated carbocycles. The van der Waals surface area contributed by atoms with Gasteiger partial charge in [0.05, 0.1) is 13.2 Å². The Kier molecular flexibility index (Phi) is 7.35. The molecule has 0 aromatic heterocycles. The van der Waals surface area contributed by atoms with E-state index < -0.39 is 28.6 Å². The van der Waals surface area contributed by atoms with Gasteiger partial charge in [-0.05, 0) is 0 Å². The Bertz CT molecular complexity index is 160. The molecule has 0 spiro atoms. The molecule has 0 aromatic carbocycles. The molecule has 0 aliphatic rings. The standard InChI is InChI=1S/C3H8O5S.Na.H/c4-1-3(2-5)9(6,7)8;;/h3-5H,1-2H2,(H,6,7,8);;. The molecule has 10 heavy (non-hydrogen) atoms. The Balaban J connectivity index is 0. The summed E-state index contributed by atoms with van der Waals surface area (Å²) in [6.07, 6.45) is 0. The fourth-order valence-electron chi connectivity index (χ4n) is 0.246. The van der Waals surface area contributed by atoms with Crippen LogP contribution in [0.25, 0.3) is 0 Å². The van der Waals surface area contributed by atoms with Gasteiger partial charge < -0.3 is 10.2 Å². The van der Waals surface area contributed by atoms with Crippen molar-refractivity contribution < 1.29 is 23.2 Å². The van der Waals surface area contributed by atoms with Crippen molar-refractivity contribution in [3.05, 3.63) is 0 Å². The number of aliphatic hydroxyl groups excluding tert-OH is 2. The van der Waals surface area contributed by atoms with Crippen molar-refractivity contribution in [2.75, 3.05) is 13.2 Å². The van der Waals surface area contributed by atoms with Crippen molar-refractivity contribution in [2.45, 2.75) is 5.25 Å². The minimum atomic E-state index is -4.27. The van der Waals surface area contributed by atoms with Crippen LogP contribution in [0.3, 0.4) is 0 Å². The van der Waals surface area contributed by atoms with Gasteiger partial charge in [0.15, 0.2) is 0 Å². The molecule has 0 atom stereocenters. The first kappa shape index (κ1) is 13.4. The van der Waals surface area contributed by atoms with E-state index in [4.69, 9.17) is 14.8 Å². The average molecular weight is 180 g/mol. The van der Waals surface area contributed by atoms with Gasteiger partial charge in [0.25, 0.3) is 10.1 Å². The predicted octanol–water partition coefficient (Wildman–Crippen LogP) is -2.42. The van der Waals surface area contributed by atoms with E-state index in [1.54, 1.807) is 0 Å². The van der Waals surface area contributed by atoms with Gasteiger partial charge in [-0.3, -0.25) is 4.55 Å². The average Bonchev–Trinajstić information content (AvgIpc) is 1.65. The molecule has 58 valence electrons. The SMILES string of the molecule is O=S(=O)(O)C(CO)CO.[NaH]. The zero-order chi connectivity index (χ0) is 7.49. The predicted molar refractivity (Wildman–Crippen MR) is 36.7 cm³/mol. The third-order valence-electron chi connectivity index (χ3n) is 0.829. The van der Waals surface area contributed by atoms with E-state index in [1.165, 1.54) is 0 Å². The summed E-state index contributed by atoms with van der Waals surface area (Å²) < 4.78 is 28.2. The Morgan fingerprint density at radius 1 is 1.20 bits per heavy atom. The van der Waals surface area contributed by atoms with E-state index in [9.17, 15) is 8.42 Å². The van der Waals surface area contributed by atoms with Crippen molar-refractivity contribution in [2.24, 2.45) is 0 Å². The molecule has 0 radical (unpaired) electrons. The summed E-state index contributed by atoms with van der Waals surface area (Å²) in [4.78, 5) is 0. The summed E-state index contributed by atoms with van der Waals surface area (Å²) in [5.74, 6) is 0. The van der Waals surface area contributed by atoms with Crippen molar-refractivity contribution in [3.8, 4) is 0 Å². The molecule has 0 rings (SSSR count). The van der Waals surface area contributed by atoms with Gasteiger partial charge in [0.2, 0.25) is 0 Å². The Morgan fingerprint density at radius 3 is 1.50 bits per heavy atom. The number of hydrogen-bond donors (Lipinski definition) is 3. The summed E-state index contributed by atoms with van der Waals surface area (Å²) in [6.45, 7) is -1.54. The number of hydrogen-bond acceptors (Lipinski definition) is 4. The van der Waals surface area contributed by atoms with Crippen molar-refractivity contribution >= 4 is 39.7 Å². The zero-order valence-corrected chi connectivity index (χ0v) is 5.37. The van der Waals surface area contributed by atoms with E-state index in [0.717, 1.165) is 0 Å². The van der Waals surface area contributed by atoms with Crippen LogP contribution in [0.15, 0.2) is 0 Å². The van der Waals surface area contributed by atoms with Crippen LogP contribution < -0.4 is 0 Å². The van der Waals surface area contributed by atoms with Crippen LogP contribution in [-0.4, -0.2) is 71.2 Å². The number of aliphatic hydroxyl groups is 2. The summed E-state index contributed by atoms with van der Waals surface area (Å²) in [5.41, 5.74) is 0. The zero-order valence-electron chi connectivity index (χ0n) is 4.56. The van der Waals surface area contributed by atoms with Crippen LogP contribution in [0.1, 0.15) is 0 Å². The fourth-order valence-corrected chi connectivity index (χ4v) is 0.623. The topological polar surface area (TPSA) is 94.8 Å². The summed E-state index contributed by atoms with van der Waals surface area (Å²) >= 11 is 0. The normalized spacial score (nSPS) is 11.2. The molecule has 7 heteroatoms. The van der Waals surface area contributed by atoms with Crippen LogP contribution >= 0.6 is 0 Å². The molecule has 0 aliphatic carbocycles. The molecule has 0 saturated heterocycles. The fraction of sp³-hybridized carbons (Fsp3) is 1.00. The Hall–Kier alpha value is 0.830. The molecule has 0 aromatic rings. The van der Waals surface area contributed by atoms with E-state index in [2.05, 4.69) is 0 Å². The van der Waals surface area contributed by atoms with Crippen LogP contribution in [0.5, 0.6) is 0 Å². The second-order valence-electron chi connectivity index (χ2n) is 1.50. The van der Waals surface area contributed by atoms with E-state index >= 15 is 0 Å². The first-order valence-corrected chi connectivity index (χ1v) is 3.70. The van der Waals surface area contributed by atoms with Crippen LogP contribution in [0.2, 0.25) is 0 Å². The first-order chi connectivity index (χ1) is 4.02.